The van der Waals surface area contributed by atoms with Gasteiger partial charge in [0.15, 0.2) is 0 Å². The summed E-state index contributed by atoms with van der Waals surface area (Å²) < 4.78 is 7.77. The largest absolute Gasteiger partial charge is 0.477 e. The van der Waals surface area contributed by atoms with Crippen LogP contribution in [-0.2, 0) is 12.6 Å². The van der Waals surface area contributed by atoms with Crippen LogP contribution in [0.4, 0.5) is 0 Å². The first-order chi connectivity index (χ1) is 15.5. The van der Waals surface area contributed by atoms with Gasteiger partial charge in [-0.1, -0.05) is 24.3 Å². The number of carboxylic acids is 1. The Labute approximate surface area is 190 Å². The highest BCUT2D eigenvalue weighted by Gasteiger charge is 2.23. The number of carboxylic acid groups (broad SMARTS) is 1. The Morgan fingerprint density at radius 3 is 2.33 bits per heavy atom. The fourth-order valence-electron chi connectivity index (χ4n) is 3.94. The van der Waals surface area contributed by atoms with Crippen molar-refractivity contribution in [1.29, 1.82) is 0 Å². The van der Waals surface area contributed by atoms with E-state index in [2.05, 4.69) is 4.98 Å². The van der Waals surface area contributed by atoms with Gasteiger partial charge in [0.2, 0.25) is 0 Å². The number of hydrogen-bond donors (Lipinski definition) is 3. The SMILES string of the molecule is Cc1cccc(C)c1Oc1ccc(C(C)(C)O)cc1-c1cn(C)c(=O)c2[nH]c(C(=O)O)cc12. The zero-order chi connectivity index (χ0) is 24.1. The molecule has 0 aliphatic rings. The van der Waals surface area contributed by atoms with Crippen LogP contribution in [0.5, 0.6) is 11.5 Å². The van der Waals surface area contributed by atoms with Gasteiger partial charge < -0.3 is 24.5 Å². The van der Waals surface area contributed by atoms with Crippen molar-refractivity contribution < 1.29 is 19.7 Å². The van der Waals surface area contributed by atoms with E-state index in [0.29, 0.717) is 27.8 Å². The van der Waals surface area contributed by atoms with Gasteiger partial charge in [0, 0.05) is 29.8 Å². The van der Waals surface area contributed by atoms with Crippen molar-refractivity contribution in [2.75, 3.05) is 0 Å². The molecule has 3 N–H and O–H groups in total. The van der Waals surface area contributed by atoms with Crippen LogP contribution in [0.1, 0.15) is 41.0 Å². The van der Waals surface area contributed by atoms with Gasteiger partial charge >= 0.3 is 5.97 Å². The number of pyridine rings is 1. The summed E-state index contributed by atoms with van der Waals surface area (Å²) >= 11 is 0. The lowest BCUT2D eigenvalue weighted by Crippen LogP contribution is -2.17. The zero-order valence-corrected chi connectivity index (χ0v) is 19.2. The third-order valence-corrected chi connectivity index (χ3v) is 5.79. The molecule has 2 heterocycles. The van der Waals surface area contributed by atoms with Crippen molar-refractivity contribution in [2.45, 2.75) is 33.3 Å². The van der Waals surface area contributed by atoms with Gasteiger partial charge in [-0.2, -0.15) is 0 Å². The van der Waals surface area contributed by atoms with Crippen molar-refractivity contribution in [3.63, 3.8) is 0 Å². The number of aromatic nitrogens is 2. The van der Waals surface area contributed by atoms with E-state index >= 15 is 0 Å². The summed E-state index contributed by atoms with van der Waals surface area (Å²) in [6.07, 6.45) is 1.66. The maximum atomic E-state index is 12.7. The molecule has 4 rings (SSSR count). The summed E-state index contributed by atoms with van der Waals surface area (Å²) in [5.74, 6) is 0.0889. The lowest BCUT2D eigenvalue weighted by Gasteiger charge is -2.22. The van der Waals surface area contributed by atoms with Crippen LogP contribution in [0.15, 0.2) is 53.5 Å². The molecule has 0 atom stereocenters. The number of aromatic amines is 1. The molecule has 0 fully saturated rings. The number of aryl methyl sites for hydroxylation is 3. The second kappa shape index (κ2) is 7.94. The third-order valence-electron chi connectivity index (χ3n) is 5.79. The van der Waals surface area contributed by atoms with E-state index in [1.165, 1.54) is 10.6 Å². The molecule has 7 heteroatoms. The van der Waals surface area contributed by atoms with Crippen LogP contribution in [0, 0.1) is 13.8 Å². The van der Waals surface area contributed by atoms with Crippen LogP contribution < -0.4 is 10.3 Å². The monoisotopic (exact) mass is 446 g/mol. The quantitative estimate of drug-likeness (QED) is 0.406. The number of nitrogens with zero attached hydrogens (tertiary/aromatic N) is 1. The maximum Gasteiger partial charge on any atom is 0.352 e. The predicted molar refractivity (Wildman–Crippen MR) is 127 cm³/mol. The minimum atomic E-state index is -1.16. The third kappa shape index (κ3) is 4.03. The van der Waals surface area contributed by atoms with E-state index in [1.54, 1.807) is 39.2 Å². The molecule has 33 heavy (non-hydrogen) atoms. The molecule has 0 saturated heterocycles. The van der Waals surface area contributed by atoms with E-state index in [0.717, 1.165) is 16.9 Å². The fraction of sp³-hybridized carbons (Fsp3) is 0.231. The first-order valence-electron chi connectivity index (χ1n) is 10.5. The molecule has 2 aromatic heterocycles. The summed E-state index contributed by atoms with van der Waals surface area (Å²) in [5.41, 5.74) is 2.50. The molecule has 4 aromatic rings. The molecule has 0 saturated carbocycles. The number of rotatable bonds is 5. The fourth-order valence-corrected chi connectivity index (χ4v) is 3.94. The van der Waals surface area contributed by atoms with E-state index < -0.39 is 11.6 Å². The van der Waals surface area contributed by atoms with Crippen molar-refractivity contribution in [3.8, 4) is 22.6 Å². The summed E-state index contributed by atoms with van der Waals surface area (Å²) in [5, 5.41) is 20.6. The number of hydrogen-bond acceptors (Lipinski definition) is 4. The highest BCUT2D eigenvalue weighted by atomic mass is 16.5. The normalized spacial score (nSPS) is 11.7. The molecule has 0 aliphatic carbocycles. The number of aromatic carboxylic acids is 1. The van der Waals surface area contributed by atoms with Crippen LogP contribution in [-0.4, -0.2) is 25.7 Å². The van der Waals surface area contributed by atoms with Crippen LogP contribution in [0.3, 0.4) is 0 Å². The number of para-hydroxylation sites is 1. The van der Waals surface area contributed by atoms with Gasteiger partial charge in [0.25, 0.3) is 5.56 Å². The smallest absolute Gasteiger partial charge is 0.352 e. The van der Waals surface area contributed by atoms with Crippen LogP contribution >= 0.6 is 0 Å². The lowest BCUT2D eigenvalue weighted by molar-refractivity contribution is 0.0691. The van der Waals surface area contributed by atoms with E-state index in [9.17, 15) is 19.8 Å². The predicted octanol–water partition coefficient (Wildman–Crippen LogP) is 4.87. The van der Waals surface area contributed by atoms with Crippen molar-refractivity contribution in [2.24, 2.45) is 7.05 Å². The van der Waals surface area contributed by atoms with Crippen molar-refractivity contribution in [3.05, 3.63) is 81.4 Å². The minimum Gasteiger partial charge on any atom is -0.477 e. The number of benzene rings is 2. The van der Waals surface area contributed by atoms with E-state index in [4.69, 9.17) is 4.74 Å². The molecule has 7 nitrogen and oxygen atoms in total. The van der Waals surface area contributed by atoms with Crippen molar-refractivity contribution >= 4 is 16.9 Å². The first kappa shape index (κ1) is 22.4. The highest BCUT2D eigenvalue weighted by molar-refractivity contribution is 6.01. The average molecular weight is 447 g/mol. The molecule has 0 bridgehead atoms. The Morgan fingerprint density at radius 2 is 1.73 bits per heavy atom. The van der Waals surface area contributed by atoms with Gasteiger partial charge in [-0.05, 0) is 62.6 Å². The Kier molecular flexibility index (Phi) is 5.38. The highest BCUT2D eigenvalue weighted by Crippen LogP contribution is 2.40. The summed E-state index contributed by atoms with van der Waals surface area (Å²) in [6.45, 7) is 7.30. The van der Waals surface area contributed by atoms with Crippen LogP contribution in [0.25, 0.3) is 22.0 Å². The number of ether oxygens (including phenoxy) is 1. The number of H-pyrrole nitrogens is 1. The molecular formula is C26H26N2O5. The molecule has 0 spiro atoms. The molecule has 0 amide bonds. The number of fused-ring (bicyclic) bond motifs is 1. The Hall–Kier alpha value is -3.84. The molecule has 2 aromatic carbocycles. The van der Waals surface area contributed by atoms with Crippen LogP contribution in [0.2, 0.25) is 0 Å². The van der Waals surface area contributed by atoms with Gasteiger partial charge in [0.1, 0.15) is 22.7 Å². The molecule has 0 unspecified atom stereocenters. The van der Waals surface area contributed by atoms with E-state index in [-0.39, 0.29) is 16.8 Å². The second-order valence-corrected chi connectivity index (χ2v) is 8.83. The average Bonchev–Trinajstić information content (AvgIpc) is 3.19. The topological polar surface area (TPSA) is 105 Å². The summed E-state index contributed by atoms with van der Waals surface area (Å²) in [7, 11) is 1.61. The molecular weight excluding hydrogens is 420 g/mol. The number of carbonyl (C=O) groups is 1. The molecule has 0 aliphatic heterocycles. The second-order valence-electron chi connectivity index (χ2n) is 8.83. The van der Waals surface area contributed by atoms with E-state index in [1.807, 2.05) is 38.1 Å². The lowest BCUT2D eigenvalue weighted by atomic mass is 9.93. The first-order valence-corrected chi connectivity index (χ1v) is 10.5. The maximum absolute atomic E-state index is 12.7. The Bertz CT molecular complexity index is 1430. The Balaban J connectivity index is 2.03. The zero-order valence-electron chi connectivity index (χ0n) is 19.2. The molecule has 0 radical (unpaired) electrons. The van der Waals surface area contributed by atoms with Gasteiger partial charge in [-0.25, -0.2) is 4.79 Å². The summed E-state index contributed by atoms with van der Waals surface area (Å²) in [6, 6.07) is 12.7. The number of nitrogens with one attached hydrogen (secondary N) is 1. The number of aliphatic hydroxyl groups is 1. The standard InChI is InChI=1S/C26H26N2O5/c1-14-7-6-8-15(2)23(14)33-21-10-9-16(26(3,4)32)11-17(21)19-13-28(5)24(29)22-18(19)12-20(27-22)25(30)31/h6-13,27,32H,1-5H3,(H,30,31). The van der Waals surface area contributed by atoms with Gasteiger partial charge in [-0.15, -0.1) is 0 Å². The molecule has 170 valence electrons. The minimum absolute atomic E-state index is 0.0783. The van der Waals surface area contributed by atoms with Gasteiger partial charge in [-0.3, -0.25) is 4.79 Å². The summed E-state index contributed by atoms with van der Waals surface area (Å²) in [4.78, 5) is 27.0. The van der Waals surface area contributed by atoms with Crippen molar-refractivity contribution in [1.82, 2.24) is 9.55 Å². The Morgan fingerprint density at radius 1 is 1.06 bits per heavy atom. The van der Waals surface area contributed by atoms with Gasteiger partial charge in [0.05, 0.1) is 5.60 Å².